The molecule has 2 aromatic heterocycles. The van der Waals surface area contributed by atoms with Gasteiger partial charge in [0.25, 0.3) is 0 Å². The number of hydrogen-bond acceptors (Lipinski definition) is 7. The molecule has 0 radical (unpaired) electrons. The van der Waals surface area contributed by atoms with Crippen molar-refractivity contribution < 1.29 is 23.9 Å². The van der Waals surface area contributed by atoms with Gasteiger partial charge in [-0.05, 0) is 78.5 Å². The van der Waals surface area contributed by atoms with Gasteiger partial charge in [0.05, 0.1) is 49.6 Å². The number of imidazole rings is 2. The predicted octanol–water partition coefficient (Wildman–Crippen LogP) is 8.32. The van der Waals surface area contributed by atoms with Gasteiger partial charge in [-0.3, -0.25) is 9.59 Å². The first-order valence-corrected chi connectivity index (χ1v) is 21.3. The topological polar surface area (TPSA) is 146 Å². The Morgan fingerprint density at radius 1 is 0.810 bits per heavy atom. The maximum Gasteiger partial charge on any atom is 0.407 e. The maximum atomic E-state index is 14.1. The molecule has 1 spiro atoms. The van der Waals surface area contributed by atoms with Crippen LogP contribution in [0.15, 0.2) is 60.9 Å². The van der Waals surface area contributed by atoms with E-state index in [0.717, 1.165) is 103 Å². The third-order valence-corrected chi connectivity index (χ3v) is 13.6. The van der Waals surface area contributed by atoms with Gasteiger partial charge in [0.2, 0.25) is 11.8 Å². The number of nitrogens with zero attached hydrogens (tertiary/aromatic N) is 4. The van der Waals surface area contributed by atoms with Gasteiger partial charge < -0.3 is 34.6 Å². The lowest BCUT2D eigenvalue weighted by atomic mass is 9.80. The molecule has 0 unspecified atom stereocenters. The number of aromatic nitrogens is 4. The lowest BCUT2D eigenvalue weighted by molar-refractivity contribution is -0.138. The van der Waals surface area contributed by atoms with E-state index in [0.29, 0.717) is 12.5 Å². The van der Waals surface area contributed by atoms with Crippen LogP contribution in [-0.2, 0) is 19.1 Å². The fourth-order valence-corrected chi connectivity index (χ4v) is 9.97. The molecule has 308 valence electrons. The molecule has 3 aliphatic heterocycles. The fourth-order valence-electron chi connectivity index (χ4n) is 9.97. The summed E-state index contributed by atoms with van der Waals surface area (Å²) in [5.74, 6) is 2.28. The van der Waals surface area contributed by atoms with Crippen molar-refractivity contribution in [3.05, 3.63) is 72.6 Å². The summed E-state index contributed by atoms with van der Waals surface area (Å²) in [5, 5.41) is 2.78. The second kappa shape index (κ2) is 16.4. The molecule has 7 atom stereocenters. The average Bonchev–Trinajstić information content (AvgIpc) is 4.08. The normalized spacial score (nSPS) is 25.4. The van der Waals surface area contributed by atoms with Crippen molar-refractivity contribution in [1.82, 2.24) is 35.1 Å². The van der Waals surface area contributed by atoms with Crippen molar-refractivity contribution in [2.24, 2.45) is 29.1 Å². The fraction of sp³-hybridized carbons (Fsp3) is 0.543. The number of methoxy groups -OCH3 is 1. The molecule has 1 aliphatic carbocycles. The highest BCUT2D eigenvalue weighted by molar-refractivity contribution is 5.87. The smallest absolute Gasteiger partial charge is 0.407 e. The van der Waals surface area contributed by atoms with Gasteiger partial charge in [0, 0.05) is 30.5 Å². The number of carbonyl (C=O) groups excluding carboxylic acids is 3. The van der Waals surface area contributed by atoms with Crippen LogP contribution in [0.25, 0.3) is 33.6 Å². The number of fused-ring (bicyclic) bond motifs is 1. The Morgan fingerprint density at radius 2 is 1.41 bits per heavy atom. The molecule has 3 amide bonds. The zero-order valence-electron chi connectivity index (χ0n) is 34.8. The van der Waals surface area contributed by atoms with Gasteiger partial charge in [-0.15, -0.1) is 0 Å². The first kappa shape index (κ1) is 39.8. The van der Waals surface area contributed by atoms with E-state index < -0.39 is 12.1 Å². The highest BCUT2D eigenvalue weighted by Gasteiger charge is 2.50. The van der Waals surface area contributed by atoms with E-state index in [2.05, 4.69) is 82.6 Å². The number of carbonyl (C=O) groups is 3. The molecule has 4 fully saturated rings. The molecule has 5 heterocycles. The number of hydrogen-bond donors (Lipinski definition) is 3. The number of likely N-dealkylation sites (tertiary alicyclic amines) is 2. The Labute approximate surface area is 341 Å². The Hall–Kier alpha value is -4.97. The van der Waals surface area contributed by atoms with Crippen molar-refractivity contribution in [3.63, 3.8) is 0 Å². The molecule has 4 aliphatic rings. The van der Waals surface area contributed by atoms with E-state index in [-0.39, 0.29) is 53.1 Å². The summed E-state index contributed by atoms with van der Waals surface area (Å²) in [7, 11) is 1.32. The van der Waals surface area contributed by atoms with E-state index in [4.69, 9.17) is 19.4 Å². The van der Waals surface area contributed by atoms with Crippen molar-refractivity contribution in [2.45, 2.75) is 104 Å². The lowest BCUT2D eigenvalue weighted by Crippen LogP contribution is -2.53. The van der Waals surface area contributed by atoms with Crippen LogP contribution in [0.3, 0.4) is 0 Å². The minimum Gasteiger partial charge on any atom is -0.453 e. The van der Waals surface area contributed by atoms with Crippen LogP contribution in [0, 0.1) is 29.1 Å². The van der Waals surface area contributed by atoms with Crippen molar-refractivity contribution in [2.75, 3.05) is 26.9 Å². The molecule has 1 saturated carbocycles. The molecule has 2 aromatic carbocycles. The van der Waals surface area contributed by atoms with Gasteiger partial charge in [0.1, 0.15) is 17.7 Å². The third-order valence-electron chi connectivity index (χ3n) is 13.6. The van der Waals surface area contributed by atoms with Crippen molar-refractivity contribution >= 4 is 17.9 Å². The summed E-state index contributed by atoms with van der Waals surface area (Å²) >= 11 is 0. The minimum absolute atomic E-state index is 0.0151. The van der Waals surface area contributed by atoms with E-state index in [1.165, 1.54) is 7.11 Å². The van der Waals surface area contributed by atoms with Gasteiger partial charge in [-0.2, -0.15) is 0 Å². The van der Waals surface area contributed by atoms with Crippen LogP contribution in [-0.4, -0.2) is 86.6 Å². The Balaban J connectivity index is 0.960. The van der Waals surface area contributed by atoms with Gasteiger partial charge >= 0.3 is 6.09 Å². The number of aromatic amines is 2. The summed E-state index contributed by atoms with van der Waals surface area (Å²) in [5.41, 5.74) is 6.06. The average molecular weight is 790 g/mol. The standard InChI is InChI=1S/C46H59N7O5/c1-27(2)29(5)43(54)52-25-46(19-8-20-58-26-46)22-39(52)42-48-24-36(50-42)33-17-13-31(14-18-33)30-11-15-32(16-12-30)35-23-47-41(49-35)38-21-34-9-7-10-37(34)53(38)44(55)40(28(3)4)51-45(56)57-6/h11-18,23-24,27-29,34,37-40H,7-10,19-22,25-26H2,1-6H3,(H,47,49)(H,48,50)(H,51,56)/t29-,34-,37-,38-,39-,40-,46-/m0/s1. The highest BCUT2D eigenvalue weighted by Crippen LogP contribution is 2.49. The molecule has 12 nitrogen and oxygen atoms in total. The molecule has 12 heteroatoms. The van der Waals surface area contributed by atoms with E-state index >= 15 is 0 Å². The van der Waals surface area contributed by atoms with Crippen LogP contribution in [0.2, 0.25) is 0 Å². The van der Waals surface area contributed by atoms with Crippen LogP contribution in [0.4, 0.5) is 4.79 Å². The summed E-state index contributed by atoms with van der Waals surface area (Å²) in [6.45, 7) is 12.4. The number of benzene rings is 2. The SMILES string of the molecule is COC(=O)N[C@H](C(=O)N1[C@H](c2ncc(-c3ccc(-c4ccc(-c5cnc([C@@H]6C[C@@]7(CCCOC7)CN6C(=O)[C@@H](C)C(C)C)[nH]5)cc4)cc3)[nH]2)C[C@@H]2CCC[C@@H]21)C(C)C. The van der Waals surface area contributed by atoms with Gasteiger partial charge in [0.15, 0.2) is 0 Å². The van der Waals surface area contributed by atoms with Crippen LogP contribution in [0.1, 0.15) is 103 Å². The lowest BCUT2D eigenvalue weighted by Gasteiger charge is -2.33. The Kier molecular flexibility index (Phi) is 11.2. The zero-order chi connectivity index (χ0) is 40.7. The molecular formula is C46H59N7O5. The summed E-state index contributed by atoms with van der Waals surface area (Å²) < 4.78 is 10.8. The summed E-state index contributed by atoms with van der Waals surface area (Å²) in [6.07, 6.45) is 10.1. The second-order valence-corrected chi connectivity index (χ2v) is 18.0. The Bertz CT molecular complexity index is 2080. The number of amides is 3. The van der Waals surface area contributed by atoms with Crippen LogP contribution < -0.4 is 5.32 Å². The predicted molar refractivity (Wildman–Crippen MR) is 222 cm³/mol. The molecule has 3 saturated heterocycles. The van der Waals surface area contributed by atoms with Gasteiger partial charge in [-0.25, -0.2) is 14.8 Å². The Morgan fingerprint density at radius 3 is 1.97 bits per heavy atom. The van der Waals surface area contributed by atoms with E-state index in [1.54, 1.807) is 0 Å². The monoisotopic (exact) mass is 789 g/mol. The minimum atomic E-state index is -0.676. The van der Waals surface area contributed by atoms with Gasteiger partial charge in [-0.1, -0.05) is 89.6 Å². The van der Waals surface area contributed by atoms with Crippen LogP contribution >= 0.6 is 0 Å². The number of alkyl carbamates (subject to hydrolysis) is 1. The molecule has 58 heavy (non-hydrogen) atoms. The zero-order valence-corrected chi connectivity index (χ0v) is 34.8. The molecule has 0 bridgehead atoms. The summed E-state index contributed by atoms with van der Waals surface area (Å²) in [6, 6.07) is 16.1. The highest BCUT2D eigenvalue weighted by atomic mass is 16.5. The molecule has 4 aromatic rings. The van der Waals surface area contributed by atoms with E-state index in [1.807, 2.05) is 38.1 Å². The largest absolute Gasteiger partial charge is 0.453 e. The number of H-pyrrole nitrogens is 2. The van der Waals surface area contributed by atoms with Crippen molar-refractivity contribution in [3.8, 4) is 33.6 Å². The molecule has 3 N–H and O–H groups in total. The summed E-state index contributed by atoms with van der Waals surface area (Å²) in [4.78, 5) is 60.9. The first-order chi connectivity index (χ1) is 27.9. The van der Waals surface area contributed by atoms with E-state index in [9.17, 15) is 14.4 Å². The number of rotatable bonds is 10. The van der Waals surface area contributed by atoms with Crippen LogP contribution in [0.5, 0.6) is 0 Å². The first-order valence-electron chi connectivity index (χ1n) is 21.3. The number of ether oxygens (including phenoxy) is 2. The second-order valence-electron chi connectivity index (χ2n) is 18.0. The molecule has 8 rings (SSSR count). The maximum absolute atomic E-state index is 14.1. The number of nitrogens with one attached hydrogen (secondary N) is 3. The molecular weight excluding hydrogens is 731 g/mol. The third kappa shape index (κ3) is 7.67. The van der Waals surface area contributed by atoms with Crippen molar-refractivity contribution in [1.29, 1.82) is 0 Å². The quantitative estimate of drug-likeness (QED) is 0.147.